The van der Waals surface area contributed by atoms with E-state index >= 15 is 0 Å². The first-order chi connectivity index (χ1) is 11.8. The summed E-state index contributed by atoms with van der Waals surface area (Å²) in [5, 5.41) is 20.5. The zero-order valence-corrected chi connectivity index (χ0v) is 13.8. The third-order valence-corrected chi connectivity index (χ3v) is 4.15. The van der Waals surface area contributed by atoms with Gasteiger partial charge in [0.1, 0.15) is 29.5 Å². The van der Waals surface area contributed by atoms with Crippen LogP contribution in [0.2, 0.25) is 0 Å². The quantitative estimate of drug-likeness (QED) is 0.674. The first-order valence-electron chi connectivity index (χ1n) is 7.71. The van der Waals surface area contributed by atoms with Gasteiger partial charge in [0.2, 0.25) is 0 Å². The van der Waals surface area contributed by atoms with Crippen LogP contribution in [0, 0.1) is 17.0 Å². The van der Waals surface area contributed by atoms with Gasteiger partial charge in [0, 0.05) is 17.7 Å². The molecule has 0 radical (unpaired) electrons. The number of fused-ring (bicyclic) bond motifs is 1. The van der Waals surface area contributed by atoms with Crippen LogP contribution in [-0.4, -0.2) is 28.0 Å². The number of hydrogen-bond donors (Lipinski definition) is 1. The highest BCUT2D eigenvalue weighted by molar-refractivity contribution is 6.01. The first kappa shape index (κ1) is 16.8. The van der Waals surface area contributed by atoms with E-state index in [-0.39, 0.29) is 30.2 Å². The van der Waals surface area contributed by atoms with Gasteiger partial charge in [-0.3, -0.25) is 14.9 Å². The van der Waals surface area contributed by atoms with Gasteiger partial charge in [-0.2, -0.15) is 0 Å². The molecule has 0 amide bonds. The van der Waals surface area contributed by atoms with Gasteiger partial charge in [-0.25, -0.2) is 0 Å². The number of carbonyl (C=O) groups is 1. The van der Waals surface area contributed by atoms with Crippen molar-refractivity contribution in [3.05, 3.63) is 57.6 Å². The summed E-state index contributed by atoms with van der Waals surface area (Å²) in [6.07, 6.45) is 0.136. The van der Waals surface area contributed by atoms with Gasteiger partial charge >= 0.3 is 0 Å². The first-order valence-corrected chi connectivity index (χ1v) is 7.71. The van der Waals surface area contributed by atoms with Gasteiger partial charge in [0.25, 0.3) is 5.69 Å². The van der Waals surface area contributed by atoms with Crippen molar-refractivity contribution in [2.24, 2.45) is 0 Å². The van der Waals surface area contributed by atoms with E-state index in [4.69, 9.17) is 9.47 Å². The Bertz CT molecular complexity index is 845. The number of non-ortho nitro benzene ring substituents is 1. The van der Waals surface area contributed by atoms with Crippen molar-refractivity contribution in [1.29, 1.82) is 0 Å². The van der Waals surface area contributed by atoms with Gasteiger partial charge in [-0.15, -0.1) is 0 Å². The van der Waals surface area contributed by atoms with Crippen molar-refractivity contribution in [2.75, 3.05) is 6.61 Å². The van der Waals surface area contributed by atoms with E-state index in [0.29, 0.717) is 22.6 Å². The lowest BCUT2D eigenvalue weighted by atomic mass is 9.90. The SMILES string of the molecule is Cc1c(O)ccc2c1OC(C)(COc1ccc([N+](=O)[O-])cc1)CC2=O. The van der Waals surface area contributed by atoms with E-state index < -0.39 is 10.5 Å². The van der Waals surface area contributed by atoms with Crippen molar-refractivity contribution in [1.82, 2.24) is 0 Å². The Morgan fingerprint density at radius 2 is 1.96 bits per heavy atom. The second kappa shape index (κ2) is 6.08. The number of aromatic hydroxyl groups is 1. The monoisotopic (exact) mass is 343 g/mol. The summed E-state index contributed by atoms with van der Waals surface area (Å²) in [4.78, 5) is 22.6. The molecular weight excluding hydrogens is 326 g/mol. The van der Waals surface area contributed by atoms with Crippen LogP contribution in [0.5, 0.6) is 17.2 Å². The number of nitro groups is 1. The minimum Gasteiger partial charge on any atom is -0.508 e. The number of nitro benzene ring substituents is 1. The number of Topliss-reactive ketones (excluding diaryl/α,β-unsaturated/α-hetero) is 1. The van der Waals surface area contributed by atoms with Crippen LogP contribution >= 0.6 is 0 Å². The zero-order valence-electron chi connectivity index (χ0n) is 13.8. The normalized spacial score (nSPS) is 19.0. The molecule has 25 heavy (non-hydrogen) atoms. The van der Waals surface area contributed by atoms with Crippen LogP contribution in [0.1, 0.15) is 29.3 Å². The van der Waals surface area contributed by atoms with Crippen LogP contribution in [-0.2, 0) is 0 Å². The van der Waals surface area contributed by atoms with Gasteiger partial charge in [0.05, 0.1) is 16.9 Å². The van der Waals surface area contributed by atoms with E-state index in [2.05, 4.69) is 0 Å². The number of ether oxygens (including phenoxy) is 2. The third kappa shape index (κ3) is 3.26. The fourth-order valence-electron chi connectivity index (χ4n) is 2.73. The predicted octanol–water partition coefficient (Wildman–Crippen LogP) is 3.41. The predicted molar refractivity (Wildman–Crippen MR) is 89.4 cm³/mol. The maximum atomic E-state index is 12.4. The highest BCUT2D eigenvalue weighted by Crippen LogP contribution is 2.39. The highest BCUT2D eigenvalue weighted by atomic mass is 16.6. The van der Waals surface area contributed by atoms with Crippen LogP contribution in [0.15, 0.2) is 36.4 Å². The second-order valence-corrected chi connectivity index (χ2v) is 6.28. The molecule has 1 heterocycles. The van der Waals surface area contributed by atoms with E-state index in [1.54, 1.807) is 19.9 Å². The lowest BCUT2D eigenvalue weighted by Crippen LogP contribution is -2.44. The molecule has 0 saturated carbocycles. The number of phenolic OH excluding ortho intramolecular Hbond substituents is 1. The molecule has 2 aromatic carbocycles. The number of nitrogens with zero attached hydrogens (tertiary/aromatic N) is 1. The van der Waals surface area contributed by atoms with Crippen molar-refractivity contribution in [2.45, 2.75) is 25.9 Å². The van der Waals surface area contributed by atoms with Crippen LogP contribution in [0.4, 0.5) is 5.69 Å². The molecule has 0 bridgehead atoms. The van der Waals surface area contributed by atoms with Crippen LogP contribution < -0.4 is 9.47 Å². The summed E-state index contributed by atoms with van der Waals surface area (Å²) in [7, 11) is 0. The number of phenols is 1. The summed E-state index contributed by atoms with van der Waals surface area (Å²) in [6.45, 7) is 3.53. The van der Waals surface area contributed by atoms with Crippen molar-refractivity contribution >= 4 is 11.5 Å². The smallest absolute Gasteiger partial charge is 0.269 e. The number of rotatable bonds is 4. The van der Waals surface area contributed by atoms with Gasteiger partial charge in [-0.1, -0.05) is 0 Å². The summed E-state index contributed by atoms with van der Waals surface area (Å²) in [5.74, 6) is 0.790. The molecule has 0 fully saturated rings. The van der Waals surface area contributed by atoms with Crippen LogP contribution in [0.25, 0.3) is 0 Å². The Hall–Kier alpha value is -3.09. The Labute approximate surface area is 144 Å². The van der Waals surface area contributed by atoms with E-state index in [9.17, 15) is 20.0 Å². The average molecular weight is 343 g/mol. The molecule has 1 aliphatic rings. The topological polar surface area (TPSA) is 98.9 Å². The minimum absolute atomic E-state index is 0.0253. The molecule has 3 rings (SSSR count). The lowest BCUT2D eigenvalue weighted by molar-refractivity contribution is -0.384. The fraction of sp³-hybridized carbons (Fsp3) is 0.278. The van der Waals surface area contributed by atoms with Crippen molar-refractivity contribution in [3.8, 4) is 17.2 Å². The summed E-state index contributed by atoms with van der Waals surface area (Å²) in [5.41, 5.74) is 0.0302. The molecule has 0 spiro atoms. The largest absolute Gasteiger partial charge is 0.508 e. The molecule has 0 saturated heterocycles. The number of carbonyl (C=O) groups excluding carboxylic acids is 1. The molecule has 1 atom stereocenters. The molecule has 0 aliphatic carbocycles. The minimum atomic E-state index is -0.898. The Morgan fingerprint density at radius 1 is 1.28 bits per heavy atom. The van der Waals surface area contributed by atoms with Crippen molar-refractivity contribution in [3.63, 3.8) is 0 Å². The zero-order chi connectivity index (χ0) is 18.2. The summed E-state index contributed by atoms with van der Waals surface area (Å²) in [6, 6.07) is 8.72. The Morgan fingerprint density at radius 3 is 2.60 bits per heavy atom. The van der Waals surface area contributed by atoms with E-state index in [1.165, 1.54) is 30.3 Å². The van der Waals surface area contributed by atoms with Crippen molar-refractivity contribution < 1.29 is 24.3 Å². The standard InChI is InChI=1S/C18H17NO6/c1-11-15(20)8-7-14-16(21)9-18(2,25-17(11)14)10-24-13-5-3-12(4-6-13)19(22)23/h3-8,20H,9-10H2,1-2H3. The highest BCUT2D eigenvalue weighted by Gasteiger charge is 2.38. The maximum Gasteiger partial charge on any atom is 0.269 e. The number of hydrogen-bond acceptors (Lipinski definition) is 6. The maximum absolute atomic E-state index is 12.4. The molecule has 1 aliphatic heterocycles. The molecule has 7 nitrogen and oxygen atoms in total. The molecule has 0 aromatic heterocycles. The molecule has 2 aromatic rings. The molecule has 130 valence electrons. The third-order valence-electron chi connectivity index (χ3n) is 4.15. The average Bonchev–Trinajstić information content (AvgIpc) is 2.57. The van der Waals surface area contributed by atoms with E-state index in [1.807, 2.05) is 0 Å². The Balaban J connectivity index is 1.77. The van der Waals surface area contributed by atoms with Crippen LogP contribution in [0.3, 0.4) is 0 Å². The van der Waals surface area contributed by atoms with Gasteiger partial charge < -0.3 is 14.6 Å². The Kier molecular flexibility index (Phi) is 4.08. The second-order valence-electron chi connectivity index (χ2n) is 6.28. The van der Waals surface area contributed by atoms with E-state index in [0.717, 1.165) is 0 Å². The summed E-state index contributed by atoms with van der Waals surface area (Å²) >= 11 is 0. The fourth-order valence-corrected chi connectivity index (χ4v) is 2.73. The summed E-state index contributed by atoms with van der Waals surface area (Å²) < 4.78 is 11.6. The van der Waals surface area contributed by atoms with Gasteiger partial charge in [0.15, 0.2) is 5.78 Å². The lowest BCUT2D eigenvalue weighted by Gasteiger charge is -2.35. The molecule has 1 unspecified atom stereocenters. The molecular formula is C18H17NO6. The number of ketones is 1. The molecule has 7 heteroatoms. The molecule has 1 N–H and O–H groups in total. The number of benzene rings is 2. The van der Waals surface area contributed by atoms with Gasteiger partial charge in [-0.05, 0) is 38.1 Å².